The molecule has 9 N–H and O–H groups in total. The first-order valence-electron chi connectivity index (χ1n) is 31.7. The zero-order valence-electron chi connectivity index (χ0n) is 55.0. The Labute approximate surface area is 594 Å². The van der Waals surface area contributed by atoms with Gasteiger partial charge >= 0.3 is 11.9 Å². The smallest absolute Gasteiger partial charge is 0.358 e. The standard InChI is InChI=1S/C64H68N14O18S5/c1-27(79)43-56(85)74-44(28(2)90-7)60-71-37(26-99-60)54(83)75-47-49-50(96-41-18-64(4,88)51(76(5)6)29(3)95-41)63(87)93-20-30-9-8-10-38-42(30)32(21-92-49)48(78(38)89)62(86)94-22-33(67-55(84)40-19-66-59(47)101-40)58-68-34(23-98-58)45-31(57-69-36(25-97-57)53(82)73-43)17-39(80)46(72-45)61-70-35(24-100-61)52(81)65-11-12-77-13-15-91-16-14-77/h8-10,17,19,23-27,29,33,41,43,47,49-51,79-80,88-89H,11-16,18,20-22H2,1-7H3,(H,65,81)(H,67,84)(H,73,82)(H,74,85)(H,75,83)/b44-28+/t27-,29+,33+,41+,43+,47+,49?,50+,51-,64+/m1/s1. The van der Waals surface area contributed by atoms with Crippen LogP contribution in [0.5, 0.6) is 5.75 Å². The minimum absolute atomic E-state index is 0.00244. The number of aliphatic hydroxyl groups excluding tert-OH is 1. The summed E-state index contributed by atoms with van der Waals surface area (Å²) >= 11 is 4.64. The van der Waals surface area contributed by atoms with Gasteiger partial charge in [-0.2, -0.15) is 4.73 Å². The number of aromatic nitrogens is 7. The van der Waals surface area contributed by atoms with E-state index in [4.69, 9.17) is 48.1 Å². The number of morpholine rings is 1. The number of methoxy groups -OCH3 is 1. The predicted molar refractivity (Wildman–Crippen MR) is 364 cm³/mol. The molecule has 2 fully saturated rings. The number of thiazole rings is 5. The van der Waals surface area contributed by atoms with Crippen LogP contribution in [-0.2, 0) is 56.0 Å². The van der Waals surface area contributed by atoms with Crippen molar-refractivity contribution in [2.24, 2.45) is 0 Å². The van der Waals surface area contributed by atoms with E-state index in [9.17, 15) is 34.9 Å². The summed E-state index contributed by atoms with van der Waals surface area (Å²) in [6.45, 7) is 7.89. The molecule has 12 heterocycles. The van der Waals surface area contributed by atoms with E-state index in [1.807, 2.05) is 0 Å². The molecule has 8 aromatic rings. The van der Waals surface area contributed by atoms with Gasteiger partial charge in [0, 0.05) is 70.6 Å². The number of benzene rings is 1. The van der Waals surface area contributed by atoms with Gasteiger partial charge in [-0.3, -0.25) is 28.9 Å². The molecule has 10 atom stereocenters. The molecular formula is C64H68N14O18S5. The Bertz CT molecular complexity index is 4570. The fourth-order valence-electron chi connectivity index (χ4n) is 12.7. The lowest BCUT2D eigenvalue weighted by Gasteiger charge is -2.48. The molecule has 7 aromatic heterocycles. The lowest BCUT2D eigenvalue weighted by molar-refractivity contribution is -0.280. The molecule has 1 aromatic carbocycles. The van der Waals surface area contributed by atoms with Crippen molar-refractivity contribution < 1.29 is 87.2 Å². The summed E-state index contributed by atoms with van der Waals surface area (Å²) in [6, 6.07) is 0.860. The molecule has 0 aliphatic carbocycles. The van der Waals surface area contributed by atoms with Crippen LogP contribution < -0.4 is 26.6 Å². The second kappa shape index (κ2) is 29.3. The Morgan fingerprint density at radius 2 is 1.61 bits per heavy atom. The van der Waals surface area contributed by atoms with Crippen molar-refractivity contribution in [3.63, 3.8) is 0 Å². The Hall–Kier alpha value is -8.83. The molecular weight excluding hydrogens is 1410 g/mol. The van der Waals surface area contributed by atoms with Crippen LogP contribution in [0.4, 0.5) is 0 Å². The minimum Gasteiger partial charge on any atom is -0.506 e. The number of fused-ring (bicyclic) bond motifs is 15. The molecule has 1 unspecified atom stereocenters. The van der Waals surface area contributed by atoms with Gasteiger partial charge in [0.2, 0.25) is 5.91 Å². The number of cyclic esters (lactones) is 2. The maximum Gasteiger partial charge on any atom is 0.358 e. The summed E-state index contributed by atoms with van der Waals surface area (Å²) in [4.78, 5) is 135. The van der Waals surface area contributed by atoms with E-state index in [1.165, 1.54) is 55.4 Å². The molecule has 0 radical (unpaired) electrons. The monoisotopic (exact) mass is 1480 g/mol. The number of aliphatic hydroxyl groups is 2. The highest BCUT2D eigenvalue weighted by Crippen LogP contribution is 2.43. The van der Waals surface area contributed by atoms with Gasteiger partial charge in [-0.15, -0.1) is 56.7 Å². The number of aromatic hydroxyl groups is 1. The summed E-state index contributed by atoms with van der Waals surface area (Å²) in [5.41, 5.74) is -1.86. The number of pyridine rings is 1. The Kier molecular flexibility index (Phi) is 20.5. The lowest BCUT2D eigenvalue weighted by Crippen LogP contribution is -2.62. The average molecular weight is 1480 g/mol. The number of rotatable bonds is 10. The molecule has 5 amide bonds. The van der Waals surface area contributed by atoms with Gasteiger partial charge in [0.1, 0.15) is 119 Å². The average Bonchev–Trinajstić information content (AvgIpc) is 1.66. The van der Waals surface area contributed by atoms with Gasteiger partial charge in [-0.05, 0) is 59.5 Å². The summed E-state index contributed by atoms with van der Waals surface area (Å²) in [5, 5.41) is 67.6. The van der Waals surface area contributed by atoms with Crippen LogP contribution in [0.1, 0.15) is 124 Å². The van der Waals surface area contributed by atoms with Crippen molar-refractivity contribution in [2.75, 3.05) is 67.2 Å². The summed E-state index contributed by atoms with van der Waals surface area (Å²) in [6.07, 6.45) is -6.26. The molecule has 101 heavy (non-hydrogen) atoms. The van der Waals surface area contributed by atoms with Crippen LogP contribution in [0.2, 0.25) is 0 Å². The van der Waals surface area contributed by atoms with E-state index < -0.39 is 133 Å². The third-order valence-corrected chi connectivity index (χ3v) is 22.2. The van der Waals surface area contributed by atoms with Crippen LogP contribution >= 0.6 is 56.7 Å². The number of carbonyl (C=O) groups excluding carboxylic acids is 7. The van der Waals surface area contributed by atoms with Crippen LogP contribution in [0, 0.1) is 0 Å². The molecule has 0 spiro atoms. The van der Waals surface area contributed by atoms with Crippen molar-refractivity contribution in [3.8, 4) is 38.4 Å². The van der Waals surface area contributed by atoms with Crippen LogP contribution in [0.15, 0.2) is 57.7 Å². The number of esters is 2. The topological polar surface area (TPSA) is 414 Å². The zero-order chi connectivity index (χ0) is 71.3. The maximum absolute atomic E-state index is 15.2. The van der Waals surface area contributed by atoms with Gasteiger partial charge in [-0.1, -0.05) is 12.1 Å². The number of ether oxygens (including phenoxy) is 7. The molecule has 32 nitrogen and oxygen atoms in total. The van der Waals surface area contributed by atoms with Crippen LogP contribution in [0.3, 0.4) is 0 Å². The Morgan fingerprint density at radius 1 is 0.881 bits per heavy atom. The number of nitrogens with zero attached hydrogens (tertiary/aromatic N) is 9. The molecule has 2 saturated heterocycles. The molecule has 0 saturated carbocycles. The predicted octanol–water partition coefficient (Wildman–Crippen LogP) is 4.22. The highest BCUT2D eigenvalue weighted by atomic mass is 32.1. The van der Waals surface area contributed by atoms with Crippen molar-refractivity contribution in [2.45, 2.75) is 108 Å². The first kappa shape index (κ1) is 70.6. The highest BCUT2D eigenvalue weighted by Gasteiger charge is 2.50. The number of nitrogens with one attached hydrogen (secondary N) is 5. The molecule has 13 rings (SSSR count). The number of amides is 5. The van der Waals surface area contributed by atoms with E-state index in [2.05, 4.69) is 46.4 Å². The third kappa shape index (κ3) is 14.4. The normalized spacial score (nSPS) is 24.9. The SMILES string of the molecule is CO/C(C)=C1/NC(=O)[C@H]([C@@H](C)O)NC(=O)c2csc(n2)-c2cc(O)c(-c3nc(C(=O)NCCN4CCOCC4)cs3)nc2-c2csc(n2)[C@@H]2COC(=O)c3c4c5c(cccc5n3O)COC(=O)[C@@H](O[C@H]3C[C@](C)(O)[C@H](N(C)C)[C@H](C)O3)C(OC4)[C@H](NC(=O)c3csc1n3)c1ncc(s1)C(=O)N2. The van der Waals surface area contributed by atoms with Crippen molar-refractivity contribution in [3.05, 3.63) is 112 Å². The van der Waals surface area contributed by atoms with E-state index in [0.717, 1.165) is 69.8 Å². The number of allylic oxidation sites excluding steroid dienone is 1. The first-order chi connectivity index (χ1) is 48.4. The van der Waals surface area contributed by atoms with Gasteiger partial charge in [0.15, 0.2) is 18.1 Å². The van der Waals surface area contributed by atoms with E-state index in [-0.39, 0.29) is 104 Å². The van der Waals surface area contributed by atoms with Crippen molar-refractivity contribution in [1.82, 2.24) is 71.0 Å². The van der Waals surface area contributed by atoms with Crippen molar-refractivity contribution >= 4 is 115 Å². The lowest BCUT2D eigenvalue weighted by atomic mass is 9.85. The molecule has 37 heteroatoms. The van der Waals surface area contributed by atoms with Crippen LogP contribution in [0.25, 0.3) is 49.3 Å². The quantitative estimate of drug-likeness (QED) is 0.0525. The fraction of sp³-hybridized carbons (Fsp3) is 0.422. The van der Waals surface area contributed by atoms with E-state index in [0.29, 0.717) is 36.6 Å². The Morgan fingerprint density at radius 3 is 2.36 bits per heavy atom. The van der Waals surface area contributed by atoms with Gasteiger partial charge in [-0.25, -0.2) is 39.5 Å². The highest BCUT2D eigenvalue weighted by molar-refractivity contribution is 7.14. The second-order valence-corrected chi connectivity index (χ2v) is 29.3. The van der Waals surface area contributed by atoms with Gasteiger partial charge < -0.3 is 85.2 Å². The third-order valence-electron chi connectivity index (χ3n) is 17.6. The molecule has 5 aliphatic heterocycles. The summed E-state index contributed by atoms with van der Waals surface area (Å²) in [5.74, 6) is -6.58. The van der Waals surface area contributed by atoms with Crippen molar-refractivity contribution in [1.29, 1.82) is 0 Å². The summed E-state index contributed by atoms with van der Waals surface area (Å²) < 4.78 is 43.8. The molecule has 5 aliphatic rings. The number of hydrogen-bond acceptors (Lipinski definition) is 31. The summed E-state index contributed by atoms with van der Waals surface area (Å²) in [7, 11) is 4.87. The second-order valence-electron chi connectivity index (χ2n) is 24.7. The van der Waals surface area contributed by atoms with E-state index in [1.54, 1.807) is 50.4 Å². The minimum atomic E-state index is -1.90. The fourth-order valence-corrected chi connectivity index (χ4v) is 16.9. The van der Waals surface area contributed by atoms with E-state index >= 15 is 19.2 Å². The van der Waals surface area contributed by atoms with Crippen LogP contribution in [-0.4, -0.2) is 222 Å². The maximum atomic E-state index is 15.2. The largest absolute Gasteiger partial charge is 0.506 e. The zero-order valence-corrected chi connectivity index (χ0v) is 59.1. The number of likely N-dealkylation sites (N-methyl/N-ethyl adjacent to an activating group) is 1. The number of carbonyl (C=O) groups is 7. The van der Waals surface area contributed by atoms with Gasteiger partial charge in [0.05, 0.1) is 62.5 Å². The number of hydrogen-bond donors (Lipinski definition) is 9. The molecule has 532 valence electrons. The Balaban J connectivity index is 0.960. The first-order valence-corrected chi connectivity index (χ1v) is 36.0. The molecule has 12 bridgehead atoms. The van der Waals surface area contributed by atoms with Gasteiger partial charge in [0.25, 0.3) is 23.6 Å².